The molecule has 0 aliphatic rings. The van der Waals surface area contributed by atoms with Gasteiger partial charge in [-0.15, -0.1) is 0 Å². The average Bonchev–Trinajstić information content (AvgIpc) is 2.39. The number of rotatable bonds is 5. The highest BCUT2D eigenvalue weighted by molar-refractivity contribution is 9.10. The fourth-order valence-corrected chi connectivity index (χ4v) is 2.43. The highest BCUT2D eigenvalue weighted by atomic mass is 79.9. The molecule has 0 saturated carbocycles. The normalized spacial score (nSPS) is 11.2. The van der Waals surface area contributed by atoms with E-state index in [1.807, 2.05) is 12.4 Å². The molecule has 100 valence electrons. The molecule has 2 aromatic rings. The van der Waals surface area contributed by atoms with E-state index in [0.717, 1.165) is 17.6 Å². The molecule has 0 amide bonds. The second-order valence-electron chi connectivity index (χ2n) is 5.00. The highest BCUT2D eigenvalue weighted by Crippen LogP contribution is 2.15. The summed E-state index contributed by atoms with van der Waals surface area (Å²) in [5.74, 6) is 0. The molecule has 0 fully saturated rings. The second kappa shape index (κ2) is 6.83. The Morgan fingerprint density at radius 1 is 1.05 bits per heavy atom. The van der Waals surface area contributed by atoms with Crippen molar-refractivity contribution in [3.63, 3.8) is 0 Å². The Morgan fingerprint density at radius 2 is 1.74 bits per heavy atom. The minimum atomic E-state index is 0.499. The van der Waals surface area contributed by atoms with E-state index in [2.05, 4.69) is 76.1 Å². The first-order valence-corrected chi connectivity index (χ1v) is 7.32. The third kappa shape index (κ3) is 4.44. The number of hydrogen-bond donors (Lipinski definition) is 0. The van der Waals surface area contributed by atoms with Gasteiger partial charge >= 0.3 is 0 Å². The molecule has 2 nitrogen and oxygen atoms in total. The lowest BCUT2D eigenvalue weighted by molar-refractivity contribution is 0.203. The Morgan fingerprint density at radius 3 is 2.37 bits per heavy atom. The van der Waals surface area contributed by atoms with Crippen LogP contribution >= 0.6 is 15.9 Å². The van der Waals surface area contributed by atoms with Gasteiger partial charge in [-0.3, -0.25) is 9.88 Å². The third-order valence-electron chi connectivity index (χ3n) is 3.11. The number of pyridine rings is 1. The first-order chi connectivity index (χ1) is 9.15. The van der Waals surface area contributed by atoms with Crippen LogP contribution < -0.4 is 0 Å². The summed E-state index contributed by atoms with van der Waals surface area (Å²) in [5.41, 5.74) is 2.58. The van der Waals surface area contributed by atoms with E-state index in [4.69, 9.17) is 0 Å². The fourth-order valence-electron chi connectivity index (χ4n) is 2.02. The zero-order valence-electron chi connectivity index (χ0n) is 11.4. The van der Waals surface area contributed by atoms with Crippen LogP contribution in [0, 0.1) is 0 Å². The van der Waals surface area contributed by atoms with E-state index in [9.17, 15) is 0 Å². The van der Waals surface area contributed by atoms with Crippen LogP contribution in [0.4, 0.5) is 0 Å². The van der Waals surface area contributed by atoms with E-state index in [1.165, 1.54) is 11.1 Å². The van der Waals surface area contributed by atoms with Crippen molar-refractivity contribution in [2.45, 2.75) is 33.0 Å². The predicted molar refractivity (Wildman–Crippen MR) is 82.8 cm³/mol. The van der Waals surface area contributed by atoms with Crippen LogP contribution in [0.1, 0.15) is 25.0 Å². The Balaban J connectivity index is 2.08. The largest absolute Gasteiger partial charge is 0.292 e. The van der Waals surface area contributed by atoms with Crippen LogP contribution in [0.3, 0.4) is 0 Å². The summed E-state index contributed by atoms with van der Waals surface area (Å²) in [6.45, 7) is 6.34. The van der Waals surface area contributed by atoms with E-state index >= 15 is 0 Å². The molecule has 0 saturated heterocycles. The first kappa shape index (κ1) is 14.2. The van der Waals surface area contributed by atoms with Crippen LogP contribution in [0.15, 0.2) is 53.3 Å². The van der Waals surface area contributed by atoms with Gasteiger partial charge in [-0.05, 0) is 47.0 Å². The van der Waals surface area contributed by atoms with E-state index in [0.29, 0.717) is 6.04 Å². The summed E-state index contributed by atoms with van der Waals surface area (Å²) in [6, 6.07) is 13.2. The van der Waals surface area contributed by atoms with Crippen molar-refractivity contribution in [1.29, 1.82) is 0 Å². The molecule has 0 aliphatic heterocycles. The summed E-state index contributed by atoms with van der Waals surface area (Å²) in [4.78, 5) is 6.67. The molecule has 19 heavy (non-hydrogen) atoms. The predicted octanol–water partition coefficient (Wildman–Crippen LogP) is 4.25. The van der Waals surface area contributed by atoms with Crippen molar-refractivity contribution in [3.05, 3.63) is 64.4 Å². The summed E-state index contributed by atoms with van der Waals surface area (Å²) in [6.07, 6.45) is 3.76. The molecular formula is C16H19BrN2. The van der Waals surface area contributed by atoms with E-state index in [-0.39, 0.29) is 0 Å². The topological polar surface area (TPSA) is 16.1 Å². The number of aromatic nitrogens is 1. The van der Waals surface area contributed by atoms with Gasteiger partial charge in [-0.2, -0.15) is 0 Å². The Hall–Kier alpha value is -1.19. The first-order valence-electron chi connectivity index (χ1n) is 6.52. The van der Waals surface area contributed by atoms with Crippen molar-refractivity contribution in [2.75, 3.05) is 0 Å². The quantitative estimate of drug-likeness (QED) is 0.819. The monoisotopic (exact) mass is 318 g/mol. The zero-order chi connectivity index (χ0) is 13.7. The lowest BCUT2D eigenvalue weighted by Crippen LogP contribution is -2.29. The van der Waals surface area contributed by atoms with Gasteiger partial charge < -0.3 is 0 Å². The van der Waals surface area contributed by atoms with Crippen LogP contribution in [-0.4, -0.2) is 15.9 Å². The lowest BCUT2D eigenvalue weighted by atomic mass is 10.1. The molecule has 0 N–H and O–H groups in total. The van der Waals surface area contributed by atoms with Crippen molar-refractivity contribution in [3.8, 4) is 0 Å². The van der Waals surface area contributed by atoms with Crippen LogP contribution in [0.2, 0.25) is 0 Å². The molecule has 0 bridgehead atoms. The SMILES string of the molecule is CC(C)N(Cc1ccccc1)Cc1cncc(Br)c1. The van der Waals surface area contributed by atoms with Gasteiger partial charge in [-0.1, -0.05) is 30.3 Å². The summed E-state index contributed by atoms with van der Waals surface area (Å²) in [5, 5.41) is 0. The van der Waals surface area contributed by atoms with Gasteiger partial charge in [0, 0.05) is 36.0 Å². The van der Waals surface area contributed by atoms with Crippen molar-refractivity contribution in [1.82, 2.24) is 9.88 Å². The number of nitrogens with zero attached hydrogens (tertiary/aromatic N) is 2. The minimum Gasteiger partial charge on any atom is -0.292 e. The Bertz CT molecular complexity index is 511. The van der Waals surface area contributed by atoms with Crippen LogP contribution in [-0.2, 0) is 13.1 Å². The van der Waals surface area contributed by atoms with Crippen molar-refractivity contribution >= 4 is 15.9 Å². The average molecular weight is 319 g/mol. The maximum atomic E-state index is 4.23. The summed E-state index contributed by atoms with van der Waals surface area (Å²) < 4.78 is 1.04. The molecule has 0 unspecified atom stereocenters. The Labute approximate surface area is 123 Å². The number of hydrogen-bond acceptors (Lipinski definition) is 2. The van der Waals surface area contributed by atoms with Crippen molar-refractivity contribution < 1.29 is 0 Å². The summed E-state index contributed by atoms with van der Waals surface area (Å²) >= 11 is 3.47. The maximum absolute atomic E-state index is 4.23. The van der Waals surface area contributed by atoms with Gasteiger partial charge in [0.05, 0.1) is 0 Å². The highest BCUT2D eigenvalue weighted by Gasteiger charge is 2.11. The molecule has 1 aromatic heterocycles. The zero-order valence-corrected chi connectivity index (χ0v) is 13.0. The minimum absolute atomic E-state index is 0.499. The molecule has 2 rings (SSSR count). The smallest absolute Gasteiger partial charge is 0.0410 e. The molecule has 1 aromatic carbocycles. The molecule has 1 heterocycles. The fraction of sp³-hybridized carbons (Fsp3) is 0.312. The van der Waals surface area contributed by atoms with E-state index < -0.39 is 0 Å². The van der Waals surface area contributed by atoms with Gasteiger partial charge in [0.2, 0.25) is 0 Å². The number of halogens is 1. The molecule has 0 radical (unpaired) electrons. The molecule has 0 atom stereocenters. The van der Waals surface area contributed by atoms with Gasteiger partial charge in [0.15, 0.2) is 0 Å². The van der Waals surface area contributed by atoms with Gasteiger partial charge in [0.1, 0.15) is 0 Å². The summed E-state index contributed by atoms with van der Waals surface area (Å²) in [7, 11) is 0. The van der Waals surface area contributed by atoms with Crippen LogP contribution in [0.5, 0.6) is 0 Å². The lowest BCUT2D eigenvalue weighted by Gasteiger charge is -2.26. The Kier molecular flexibility index (Phi) is 5.11. The second-order valence-corrected chi connectivity index (χ2v) is 5.91. The van der Waals surface area contributed by atoms with Gasteiger partial charge in [0.25, 0.3) is 0 Å². The van der Waals surface area contributed by atoms with E-state index in [1.54, 1.807) is 0 Å². The van der Waals surface area contributed by atoms with Crippen LogP contribution in [0.25, 0.3) is 0 Å². The maximum Gasteiger partial charge on any atom is 0.0410 e. The molecular weight excluding hydrogens is 300 g/mol. The third-order valence-corrected chi connectivity index (χ3v) is 3.54. The molecule has 0 spiro atoms. The molecule has 3 heteroatoms. The van der Waals surface area contributed by atoms with Crippen molar-refractivity contribution in [2.24, 2.45) is 0 Å². The standard InChI is InChI=1S/C16H19BrN2/c1-13(2)19(11-14-6-4-3-5-7-14)12-15-8-16(17)10-18-9-15/h3-10,13H,11-12H2,1-2H3. The van der Waals surface area contributed by atoms with Gasteiger partial charge in [-0.25, -0.2) is 0 Å². The number of benzene rings is 1. The molecule has 0 aliphatic carbocycles.